The van der Waals surface area contributed by atoms with Crippen LogP contribution in [0.5, 0.6) is 0 Å². The Morgan fingerprint density at radius 3 is 1.88 bits per heavy atom. The van der Waals surface area contributed by atoms with Crippen molar-refractivity contribution in [2.75, 3.05) is 13.1 Å². The number of thioether (sulfide) groups is 1. The number of carbonyl (C=O) groups is 2. The Hall–Kier alpha value is -3.67. The van der Waals surface area contributed by atoms with E-state index in [9.17, 15) is 9.59 Å². The first-order chi connectivity index (χ1) is 19.4. The highest BCUT2D eigenvalue weighted by atomic mass is 32.2. The molecule has 0 heterocycles. The van der Waals surface area contributed by atoms with Gasteiger partial charge in [0.05, 0.1) is 5.25 Å². The number of nitrogens with one attached hydrogen (secondary N) is 1. The average Bonchev–Trinajstić information content (AvgIpc) is 2.97. The summed E-state index contributed by atoms with van der Waals surface area (Å²) in [7, 11) is 0. The van der Waals surface area contributed by atoms with Crippen molar-refractivity contribution in [2.24, 2.45) is 5.92 Å². The third-order valence-corrected chi connectivity index (χ3v) is 7.83. The van der Waals surface area contributed by atoms with E-state index in [1.54, 1.807) is 0 Å². The molecular formula is C35H40N2O2S. The van der Waals surface area contributed by atoms with Crippen LogP contribution >= 0.6 is 11.8 Å². The van der Waals surface area contributed by atoms with Crippen LogP contribution in [0.2, 0.25) is 0 Å². The van der Waals surface area contributed by atoms with Crippen molar-refractivity contribution in [1.29, 1.82) is 0 Å². The van der Waals surface area contributed by atoms with Crippen molar-refractivity contribution in [3.05, 3.63) is 139 Å². The van der Waals surface area contributed by atoms with Crippen LogP contribution in [0.4, 0.5) is 0 Å². The Labute approximate surface area is 243 Å². The highest BCUT2D eigenvalue weighted by molar-refractivity contribution is 8.14. The zero-order valence-corrected chi connectivity index (χ0v) is 24.3. The Balaban J connectivity index is 2.10. The smallest absolute Gasteiger partial charge is 0.251 e. The molecule has 0 spiro atoms. The molecule has 0 saturated carbocycles. The van der Waals surface area contributed by atoms with Crippen molar-refractivity contribution in [3.63, 3.8) is 0 Å². The molecule has 1 amide bonds. The van der Waals surface area contributed by atoms with E-state index in [0.717, 1.165) is 5.56 Å². The molecule has 0 aliphatic heterocycles. The molecule has 1 N–H and O–H groups in total. The standard InChI is InChI=1S/C35H40N2O2S/c1-5-24-37(25-6-2)32(23-22-28-16-10-7-11-17-28)33(40-35(39)30-20-14-9-15-21-30)31(26-27(3)4)36-34(38)29-18-12-8-13-19-29/h5-23,27,31-33H,1-2,24-26H2,3-4H3,(H,36,38)/b23-22+/t31-,32+,33+/m0/s1. The van der Waals surface area contributed by atoms with Gasteiger partial charge in [-0.25, -0.2) is 0 Å². The summed E-state index contributed by atoms with van der Waals surface area (Å²) in [4.78, 5) is 29.4. The summed E-state index contributed by atoms with van der Waals surface area (Å²) in [6, 6.07) is 28.2. The molecule has 0 saturated heterocycles. The first-order valence-electron chi connectivity index (χ1n) is 13.7. The van der Waals surface area contributed by atoms with Crippen molar-refractivity contribution >= 4 is 28.9 Å². The first kappa shape index (κ1) is 30.9. The lowest BCUT2D eigenvalue weighted by atomic mass is 9.94. The molecule has 0 radical (unpaired) electrons. The van der Waals surface area contributed by atoms with E-state index in [0.29, 0.717) is 36.6 Å². The van der Waals surface area contributed by atoms with Gasteiger partial charge in [-0.3, -0.25) is 14.5 Å². The second-order valence-corrected chi connectivity index (χ2v) is 11.3. The van der Waals surface area contributed by atoms with Gasteiger partial charge >= 0.3 is 0 Å². The highest BCUT2D eigenvalue weighted by Crippen LogP contribution is 2.31. The van der Waals surface area contributed by atoms with Crippen LogP contribution in [-0.4, -0.2) is 46.3 Å². The fourth-order valence-electron chi connectivity index (χ4n) is 4.64. The number of amides is 1. The predicted octanol–water partition coefficient (Wildman–Crippen LogP) is 7.53. The van der Waals surface area contributed by atoms with Crippen LogP contribution in [-0.2, 0) is 0 Å². The summed E-state index contributed by atoms with van der Waals surface area (Å²) in [6.45, 7) is 13.5. The van der Waals surface area contributed by atoms with E-state index in [-0.39, 0.29) is 28.4 Å². The number of hydrogen-bond donors (Lipinski definition) is 1. The van der Waals surface area contributed by atoms with E-state index in [1.807, 2.05) is 91.0 Å². The number of hydrogen-bond acceptors (Lipinski definition) is 4. The lowest BCUT2D eigenvalue weighted by molar-refractivity contribution is 0.0923. The average molecular weight is 553 g/mol. The Morgan fingerprint density at radius 1 is 0.825 bits per heavy atom. The second-order valence-electron chi connectivity index (χ2n) is 10.1. The van der Waals surface area contributed by atoms with E-state index in [1.165, 1.54) is 11.8 Å². The van der Waals surface area contributed by atoms with Gasteiger partial charge in [0.25, 0.3) is 5.91 Å². The molecule has 3 aromatic carbocycles. The van der Waals surface area contributed by atoms with Crippen molar-refractivity contribution in [2.45, 2.75) is 37.6 Å². The molecule has 208 valence electrons. The monoisotopic (exact) mass is 552 g/mol. The maximum Gasteiger partial charge on any atom is 0.251 e. The van der Waals surface area contributed by atoms with E-state index >= 15 is 0 Å². The minimum Gasteiger partial charge on any atom is -0.348 e. The molecule has 4 nitrogen and oxygen atoms in total. The normalized spacial score (nSPS) is 13.6. The third kappa shape index (κ3) is 9.51. The van der Waals surface area contributed by atoms with Gasteiger partial charge in [0.1, 0.15) is 0 Å². The minimum absolute atomic E-state index is 0.0245. The molecular weight excluding hydrogens is 512 g/mol. The van der Waals surface area contributed by atoms with E-state index < -0.39 is 0 Å². The molecule has 3 aromatic rings. The molecule has 0 fully saturated rings. The molecule has 5 heteroatoms. The number of benzene rings is 3. The molecule has 40 heavy (non-hydrogen) atoms. The van der Waals surface area contributed by atoms with Crippen molar-refractivity contribution in [1.82, 2.24) is 10.2 Å². The molecule has 0 unspecified atom stereocenters. The maximum atomic E-state index is 13.7. The van der Waals surface area contributed by atoms with Gasteiger partial charge in [-0.1, -0.05) is 129 Å². The number of carbonyl (C=O) groups excluding carboxylic acids is 2. The van der Waals surface area contributed by atoms with Gasteiger partial charge in [0.2, 0.25) is 5.12 Å². The van der Waals surface area contributed by atoms with Crippen LogP contribution in [0, 0.1) is 5.92 Å². The second kappa shape index (κ2) is 16.4. The lowest BCUT2D eigenvalue weighted by Gasteiger charge is -2.38. The molecule has 0 bridgehead atoms. The quantitative estimate of drug-likeness (QED) is 0.198. The fourth-order valence-corrected chi connectivity index (χ4v) is 5.91. The van der Waals surface area contributed by atoms with Gasteiger partial charge in [0.15, 0.2) is 0 Å². The van der Waals surface area contributed by atoms with Gasteiger partial charge in [-0.15, -0.1) is 13.2 Å². The minimum atomic E-state index is -0.289. The molecule has 0 aliphatic carbocycles. The first-order valence-corrected chi connectivity index (χ1v) is 14.6. The summed E-state index contributed by atoms with van der Waals surface area (Å²) in [5.74, 6) is 0.149. The number of rotatable bonds is 15. The Morgan fingerprint density at radius 2 is 1.35 bits per heavy atom. The summed E-state index contributed by atoms with van der Waals surface area (Å²) < 4.78 is 0. The van der Waals surface area contributed by atoms with Gasteiger partial charge in [0, 0.05) is 36.3 Å². The summed E-state index contributed by atoms with van der Waals surface area (Å²) in [5, 5.41) is 3.00. The summed E-state index contributed by atoms with van der Waals surface area (Å²) in [5.41, 5.74) is 2.30. The predicted molar refractivity (Wildman–Crippen MR) is 171 cm³/mol. The van der Waals surface area contributed by atoms with E-state index in [2.05, 4.69) is 61.5 Å². The Kier molecular flexibility index (Phi) is 12.7. The SMILES string of the molecule is C=CCN(CC=C)[C@H](/C=C/c1ccccc1)[C@H](SC(=O)c1ccccc1)[C@H](CC(C)C)NC(=O)c1ccccc1. The topological polar surface area (TPSA) is 49.4 Å². The van der Waals surface area contributed by atoms with Gasteiger partial charge in [-0.2, -0.15) is 0 Å². The Bertz CT molecular complexity index is 1230. The van der Waals surface area contributed by atoms with Gasteiger partial charge < -0.3 is 5.32 Å². The maximum absolute atomic E-state index is 13.7. The van der Waals surface area contributed by atoms with Crippen LogP contribution in [0.1, 0.15) is 46.5 Å². The van der Waals surface area contributed by atoms with Crippen molar-refractivity contribution < 1.29 is 9.59 Å². The molecule has 3 atom stereocenters. The zero-order valence-electron chi connectivity index (χ0n) is 23.5. The molecule has 0 aliphatic rings. The van der Waals surface area contributed by atoms with Crippen LogP contribution < -0.4 is 5.32 Å². The fraction of sp³-hybridized carbons (Fsp3) is 0.257. The van der Waals surface area contributed by atoms with Crippen LogP contribution in [0.15, 0.2) is 122 Å². The number of nitrogens with zero attached hydrogens (tertiary/aromatic N) is 1. The third-order valence-electron chi connectivity index (χ3n) is 6.50. The van der Waals surface area contributed by atoms with Crippen molar-refractivity contribution in [3.8, 4) is 0 Å². The van der Waals surface area contributed by atoms with Crippen LogP contribution in [0.3, 0.4) is 0 Å². The largest absolute Gasteiger partial charge is 0.348 e. The zero-order chi connectivity index (χ0) is 28.7. The lowest BCUT2D eigenvalue weighted by Crippen LogP contribution is -2.53. The van der Waals surface area contributed by atoms with Crippen LogP contribution in [0.25, 0.3) is 6.08 Å². The summed E-state index contributed by atoms with van der Waals surface area (Å²) in [6.07, 6.45) is 8.70. The highest BCUT2D eigenvalue weighted by Gasteiger charge is 2.35. The van der Waals surface area contributed by atoms with E-state index in [4.69, 9.17) is 0 Å². The summed E-state index contributed by atoms with van der Waals surface area (Å²) >= 11 is 1.29. The molecule has 0 aromatic heterocycles. The molecule has 3 rings (SSSR count). The van der Waals surface area contributed by atoms with Gasteiger partial charge in [-0.05, 0) is 30.0 Å².